The van der Waals surface area contributed by atoms with Crippen LogP contribution in [0.15, 0.2) is 17.1 Å². The predicted molar refractivity (Wildman–Crippen MR) is 69.5 cm³/mol. The van der Waals surface area contributed by atoms with Crippen LogP contribution in [0.3, 0.4) is 0 Å². The number of aliphatic imine (C=N–C) groups is 1. The normalized spacial score (nSPS) is 16.3. The summed E-state index contributed by atoms with van der Waals surface area (Å²) in [6, 6.07) is 4.02. The van der Waals surface area contributed by atoms with Crippen LogP contribution < -0.4 is 11.1 Å². The van der Waals surface area contributed by atoms with Crippen molar-refractivity contribution in [3.63, 3.8) is 0 Å². The van der Waals surface area contributed by atoms with Crippen LogP contribution in [0.1, 0.15) is 18.4 Å². The van der Waals surface area contributed by atoms with Crippen LogP contribution in [-0.4, -0.2) is 12.0 Å². The first kappa shape index (κ1) is 11.6. The molecule has 0 heterocycles. The minimum Gasteiger partial charge on any atom is -0.370 e. The lowest BCUT2D eigenvalue weighted by Gasteiger charge is -2.11. The molecule has 1 aromatic carbocycles. The van der Waals surface area contributed by atoms with E-state index in [0.29, 0.717) is 27.7 Å². The van der Waals surface area contributed by atoms with E-state index in [0.717, 1.165) is 18.4 Å². The number of nitrogens with one attached hydrogen (secondary N) is 1. The highest BCUT2D eigenvalue weighted by molar-refractivity contribution is 6.40. The Morgan fingerprint density at radius 3 is 2.75 bits per heavy atom. The molecule has 0 bridgehead atoms. The van der Waals surface area contributed by atoms with Crippen molar-refractivity contribution in [2.45, 2.75) is 25.8 Å². The number of rotatable bonds is 2. The number of guanidine groups is 1. The lowest BCUT2D eigenvalue weighted by molar-refractivity contribution is 1.06. The summed E-state index contributed by atoms with van der Waals surface area (Å²) in [6.07, 6.45) is 2.22. The summed E-state index contributed by atoms with van der Waals surface area (Å²) in [7, 11) is 0. The molecule has 0 aromatic heterocycles. The molecule has 0 unspecified atom stereocenters. The third-order valence-corrected chi connectivity index (χ3v) is 3.21. The molecule has 0 radical (unpaired) electrons. The SMILES string of the molecule is Cc1ccc(Cl)c(NC(N)=NC2CC2)c1Cl. The molecule has 1 aromatic rings. The number of anilines is 1. The maximum atomic E-state index is 6.14. The van der Waals surface area contributed by atoms with Crippen molar-refractivity contribution in [3.05, 3.63) is 27.7 Å². The summed E-state index contributed by atoms with van der Waals surface area (Å²) in [5.41, 5.74) is 7.34. The van der Waals surface area contributed by atoms with Crippen molar-refractivity contribution in [2.75, 3.05) is 5.32 Å². The van der Waals surface area contributed by atoms with E-state index in [1.54, 1.807) is 6.07 Å². The third kappa shape index (κ3) is 2.60. The maximum absolute atomic E-state index is 6.14. The van der Waals surface area contributed by atoms with Gasteiger partial charge in [0.25, 0.3) is 0 Å². The van der Waals surface area contributed by atoms with Crippen molar-refractivity contribution < 1.29 is 0 Å². The Balaban J connectivity index is 2.22. The van der Waals surface area contributed by atoms with Gasteiger partial charge in [-0.3, -0.25) is 0 Å². The lowest BCUT2D eigenvalue weighted by atomic mass is 10.2. The second kappa shape index (κ2) is 4.52. The van der Waals surface area contributed by atoms with Crippen LogP contribution in [0.4, 0.5) is 5.69 Å². The van der Waals surface area contributed by atoms with Crippen LogP contribution >= 0.6 is 23.2 Å². The first-order valence-electron chi connectivity index (χ1n) is 5.13. The van der Waals surface area contributed by atoms with E-state index in [4.69, 9.17) is 28.9 Å². The zero-order chi connectivity index (χ0) is 11.7. The van der Waals surface area contributed by atoms with Crippen LogP contribution in [0.5, 0.6) is 0 Å². The highest BCUT2D eigenvalue weighted by atomic mass is 35.5. The molecule has 0 saturated heterocycles. The molecule has 2 rings (SSSR count). The Bertz CT molecular complexity index is 439. The van der Waals surface area contributed by atoms with Gasteiger partial charge in [0.15, 0.2) is 5.96 Å². The van der Waals surface area contributed by atoms with Gasteiger partial charge in [0, 0.05) is 0 Å². The molecule has 1 saturated carbocycles. The highest BCUT2D eigenvalue weighted by Crippen LogP contribution is 2.33. The topological polar surface area (TPSA) is 50.4 Å². The average Bonchev–Trinajstić information content (AvgIpc) is 3.02. The summed E-state index contributed by atoms with van der Waals surface area (Å²) < 4.78 is 0. The van der Waals surface area contributed by atoms with Gasteiger partial charge in [-0.1, -0.05) is 29.3 Å². The summed E-state index contributed by atoms with van der Waals surface area (Å²) in [6.45, 7) is 1.91. The van der Waals surface area contributed by atoms with Crippen LogP contribution in [0.2, 0.25) is 10.0 Å². The highest BCUT2D eigenvalue weighted by Gasteiger charge is 2.20. The van der Waals surface area contributed by atoms with Gasteiger partial charge in [-0.15, -0.1) is 0 Å². The van der Waals surface area contributed by atoms with Gasteiger partial charge in [-0.2, -0.15) is 0 Å². The molecule has 0 spiro atoms. The molecule has 1 aliphatic rings. The average molecular weight is 258 g/mol. The van der Waals surface area contributed by atoms with Crippen molar-refractivity contribution in [1.82, 2.24) is 0 Å². The van der Waals surface area contributed by atoms with Gasteiger partial charge < -0.3 is 11.1 Å². The molecular formula is C11H13Cl2N3. The Hall–Kier alpha value is -0.930. The van der Waals surface area contributed by atoms with Crippen molar-refractivity contribution in [3.8, 4) is 0 Å². The molecule has 5 heteroatoms. The number of aryl methyl sites for hydroxylation is 1. The van der Waals surface area contributed by atoms with Crippen LogP contribution in [0, 0.1) is 6.92 Å². The van der Waals surface area contributed by atoms with E-state index in [9.17, 15) is 0 Å². The molecular weight excluding hydrogens is 245 g/mol. The summed E-state index contributed by atoms with van der Waals surface area (Å²) in [5, 5.41) is 4.09. The number of benzene rings is 1. The zero-order valence-electron chi connectivity index (χ0n) is 8.93. The molecule has 1 fully saturated rings. The van der Waals surface area contributed by atoms with Crippen LogP contribution in [-0.2, 0) is 0 Å². The second-order valence-corrected chi connectivity index (χ2v) is 4.71. The van der Waals surface area contributed by atoms with Gasteiger partial charge in [-0.05, 0) is 31.4 Å². The van der Waals surface area contributed by atoms with Crippen molar-refractivity contribution >= 4 is 34.8 Å². The molecule has 0 amide bonds. The van der Waals surface area contributed by atoms with Gasteiger partial charge in [0.05, 0.1) is 21.8 Å². The smallest absolute Gasteiger partial charge is 0.193 e. The molecule has 16 heavy (non-hydrogen) atoms. The molecule has 1 aliphatic carbocycles. The Morgan fingerprint density at radius 2 is 2.12 bits per heavy atom. The molecule has 0 aliphatic heterocycles. The van der Waals surface area contributed by atoms with E-state index in [-0.39, 0.29) is 0 Å². The Kier molecular flexibility index (Phi) is 3.26. The molecule has 0 atom stereocenters. The van der Waals surface area contributed by atoms with E-state index < -0.39 is 0 Å². The minimum atomic E-state index is 0.370. The largest absolute Gasteiger partial charge is 0.370 e. The number of hydrogen-bond donors (Lipinski definition) is 2. The van der Waals surface area contributed by atoms with E-state index in [1.165, 1.54) is 0 Å². The first-order valence-corrected chi connectivity index (χ1v) is 5.88. The van der Waals surface area contributed by atoms with Crippen LogP contribution in [0.25, 0.3) is 0 Å². The van der Waals surface area contributed by atoms with Gasteiger partial charge in [0.1, 0.15) is 0 Å². The second-order valence-electron chi connectivity index (χ2n) is 3.92. The maximum Gasteiger partial charge on any atom is 0.193 e. The van der Waals surface area contributed by atoms with Crippen molar-refractivity contribution in [2.24, 2.45) is 10.7 Å². The number of nitrogens with zero attached hydrogens (tertiary/aromatic N) is 1. The summed E-state index contributed by atoms with van der Waals surface area (Å²) in [4.78, 5) is 4.26. The van der Waals surface area contributed by atoms with E-state index in [1.807, 2.05) is 13.0 Å². The number of hydrogen-bond acceptors (Lipinski definition) is 1. The first-order chi connectivity index (χ1) is 7.58. The predicted octanol–water partition coefficient (Wildman–Crippen LogP) is 3.19. The number of halogens is 2. The molecule has 3 nitrogen and oxygen atoms in total. The Labute approximate surface area is 105 Å². The fourth-order valence-corrected chi connectivity index (χ4v) is 1.80. The van der Waals surface area contributed by atoms with Gasteiger partial charge in [0.2, 0.25) is 0 Å². The molecule has 86 valence electrons. The van der Waals surface area contributed by atoms with E-state index >= 15 is 0 Å². The zero-order valence-corrected chi connectivity index (χ0v) is 10.4. The summed E-state index contributed by atoms with van der Waals surface area (Å²) >= 11 is 12.2. The molecule has 3 N–H and O–H groups in total. The van der Waals surface area contributed by atoms with E-state index in [2.05, 4.69) is 10.3 Å². The van der Waals surface area contributed by atoms with Crippen molar-refractivity contribution in [1.29, 1.82) is 0 Å². The van der Waals surface area contributed by atoms with Gasteiger partial charge >= 0.3 is 0 Å². The Morgan fingerprint density at radius 1 is 1.44 bits per heavy atom. The minimum absolute atomic E-state index is 0.370. The summed E-state index contributed by atoms with van der Waals surface area (Å²) in [5.74, 6) is 0.372. The monoisotopic (exact) mass is 257 g/mol. The fourth-order valence-electron chi connectivity index (χ4n) is 1.33. The number of nitrogens with two attached hydrogens (primary N) is 1. The van der Waals surface area contributed by atoms with Gasteiger partial charge in [-0.25, -0.2) is 4.99 Å². The quantitative estimate of drug-likeness (QED) is 0.632. The lowest BCUT2D eigenvalue weighted by Crippen LogP contribution is -2.23. The standard InChI is InChI=1S/C11H13Cl2N3/c1-6-2-5-8(12)10(9(6)13)16-11(14)15-7-3-4-7/h2,5,7H,3-4H2,1H3,(H3,14,15,16). The third-order valence-electron chi connectivity index (χ3n) is 2.41. The fraction of sp³-hybridized carbons (Fsp3) is 0.364.